The molecule has 0 saturated heterocycles. The van der Waals surface area contributed by atoms with Crippen molar-refractivity contribution in [1.29, 1.82) is 0 Å². The maximum Gasteiger partial charge on any atom is 0.339 e. The molecule has 35 heavy (non-hydrogen) atoms. The maximum absolute atomic E-state index is 14.2. The second-order valence-corrected chi connectivity index (χ2v) is 8.02. The van der Waals surface area contributed by atoms with E-state index in [0.29, 0.717) is 16.1 Å². The van der Waals surface area contributed by atoms with E-state index in [1.807, 2.05) is 0 Å². The number of aliphatic hydroxyl groups is 1. The van der Waals surface area contributed by atoms with E-state index in [4.69, 9.17) is 16.3 Å². The molecule has 2 aromatic rings. The number of aliphatic hydroxyl groups excluding tert-OH is 1. The average molecular weight is 505 g/mol. The standard InChI is InChI=1S/C23H22ClFN4O6/c1-14(30)34-13-35-23(33)22(32)12-29(11-21(31)20-9-26-28-27-20)10-15-2-4-16(5-3-15)18-8-17(24)6-7-19(18)25/h2-8,22,32H,9-13H2,1H3/t22-/m1/s1. The topological polar surface area (TPSA) is 130 Å². The highest BCUT2D eigenvalue weighted by atomic mass is 35.5. The number of Topliss-reactive ketones (excluding diaryl/α,β-unsaturated/α-hetero) is 1. The Morgan fingerprint density at radius 3 is 2.57 bits per heavy atom. The molecule has 1 atom stereocenters. The third kappa shape index (κ3) is 7.74. The van der Waals surface area contributed by atoms with Crippen LogP contribution >= 0.6 is 11.6 Å². The lowest BCUT2D eigenvalue weighted by atomic mass is 10.0. The fourth-order valence-electron chi connectivity index (χ4n) is 3.19. The molecule has 1 aliphatic rings. The summed E-state index contributed by atoms with van der Waals surface area (Å²) in [5.41, 5.74) is 1.84. The van der Waals surface area contributed by atoms with Crippen LogP contribution in [0.3, 0.4) is 0 Å². The summed E-state index contributed by atoms with van der Waals surface area (Å²) in [6.45, 7) is 0.304. The molecule has 0 amide bonds. The molecule has 0 bridgehead atoms. The van der Waals surface area contributed by atoms with Gasteiger partial charge < -0.3 is 14.6 Å². The predicted octanol–water partition coefficient (Wildman–Crippen LogP) is 2.76. The van der Waals surface area contributed by atoms with Gasteiger partial charge in [-0.3, -0.25) is 14.5 Å². The molecule has 2 aromatic carbocycles. The zero-order valence-electron chi connectivity index (χ0n) is 18.7. The second-order valence-electron chi connectivity index (χ2n) is 7.58. The van der Waals surface area contributed by atoms with Gasteiger partial charge in [0, 0.05) is 30.6 Å². The van der Waals surface area contributed by atoms with Crippen LogP contribution in [-0.2, 0) is 30.4 Å². The smallest absolute Gasteiger partial charge is 0.339 e. The highest BCUT2D eigenvalue weighted by molar-refractivity contribution is 6.41. The van der Waals surface area contributed by atoms with E-state index in [1.165, 1.54) is 23.1 Å². The largest absolute Gasteiger partial charge is 0.428 e. The number of rotatable bonds is 11. The summed E-state index contributed by atoms with van der Waals surface area (Å²) in [6, 6.07) is 11.1. The van der Waals surface area contributed by atoms with Gasteiger partial charge >= 0.3 is 11.9 Å². The number of ketones is 1. The van der Waals surface area contributed by atoms with E-state index in [1.54, 1.807) is 24.3 Å². The molecule has 0 aromatic heterocycles. The summed E-state index contributed by atoms with van der Waals surface area (Å²) in [5, 5.41) is 21.4. The zero-order chi connectivity index (χ0) is 25.4. The molecule has 0 saturated carbocycles. The van der Waals surface area contributed by atoms with Gasteiger partial charge in [0.25, 0.3) is 0 Å². The Morgan fingerprint density at radius 1 is 1.17 bits per heavy atom. The van der Waals surface area contributed by atoms with Gasteiger partial charge in [-0.25, -0.2) is 9.18 Å². The van der Waals surface area contributed by atoms with Gasteiger partial charge in [-0.15, -0.1) is 5.10 Å². The molecule has 0 aliphatic carbocycles. The number of halogens is 2. The zero-order valence-corrected chi connectivity index (χ0v) is 19.4. The van der Waals surface area contributed by atoms with E-state index in [2.05, 4.69) is 20.2 Å². The minimum absolute atomic E-state index is 0.0551. The van der Waals surface area contributed by atoms with Crippen molar-refractivity contribution >= 4 is 35.0 Å². The number of hydrogen-bond donors (Lipinski definition) is 1. The van der Waals surface area contributed by atoms with E-state index in [9.17, 15) is 23.9 Å². The van der Waals surface area contributed by atoms with Gasteiger partial charge in [-0.05, 0) is 34.5 Å². The molecule has 0 radical (unpaired) electrons. The summed E-state index contributed by atoms with van der Waals surface area (Å²) >= 11 is 5.98. The predicted molar refractivity (Wildman–Crippen MR) is 123 cm³/mol. The van der Waals surface area contributed by atoms with Crippen LogP contribution in [0.25, 0.3) is 11.1 Å². The van der Waals surface area contributed by atoms with Gasteiger partial charge in [0.2, 0.25) is 6.79 Å². The molecule has 0 fully saturated rings. The molecule has 0 spiro atoms. The van der Waals surface area contributed by atoms with Crippen molar-refractivity contribution in [2.75, 3.05) is 26.4 Å². The van der Waals surface area contributed by atoms with Crippen LogP contribution in [-0.4, -0.2) is 66.0 Å². The first-order valence-corrected chi connectivity index (χ1v) is 10.8. The summed E-state index contributed by atoms with van der Waals surface area (Å²) < 4.78 is 23.4. The molecule has 3 rings (SSSR count). The van der Waals surface area contributed by atoms with Crippen LogP contribution in [0.15, 0.2) is 57.9 Å². The SMILES string of the molecule is CC(=O)OCOC(=O)[C@H](O)CN(CC(=O)C1=NN=NC1)Cc1ccc(-c2cc(Cl)ccc2F)cc1. The summed E-state index contributed by atoms with van der Waals surface area (Å²) in [6.07, 6.45) is -1.61. The number of carbonyl (C=O) groups is 3. The number of benzene rings is 2. The van der Waals surface area contributed by atoms with Crippen LogP contribution in [0.2, 0.25) is 5.02 Å². The first-order chi connectivity index (χ1) is 16.7. The first-order valence-electron chi connectivity index (χ1n) is 10.4. The fraction of sp³-hybridized carbons (Fsp3) is 0.304. The first kappa shape index (κ1) is 26.1. The lowest BCUT2D eigenvalue weighted by Gasteiger charge is -2.24. The summed E-state index contributed by atoms with van der Waals surface area (Å²) in [5.74, 6) is -2.45. The van der Waals surface area contributed by atoms with Crippen molar-refractivity contribution in [3.05, 3.63) is 58.9 Å². The lowest BCUT2D eigenvalue weighted by molar-refractivity contribution is -0.173. The Kier molecular flexibility index (Phi) is 9.12. The molecular formula is C23H22ClFN4O6. The Balaban J connectivity index is 1.70. The molecule has 1 N–H and O–H groups in total. The third-order valence-electron chi connectivity index (χ3n) is 4.90. The van der Waals surface area contributed by atoms with E-state index in [0.717, 1.165) is 12.5 Å². The van der Waals surface area contributed by atoms with Gasteiger partial charge in [-0.1, -0.05) is 35.9 Å². The average Bonchev–Trinajstić information content (AvgIpc) is 3.36. The molecular weight excluding hydrogens is 483 g/mol. The van der Waals surface area contributed by atoms with Crippen molar-refractivity contribution in [2.45, 2.75) is 19.6 Å². The van der Waals surface area contributed by atoms with E-state index >= 15 is 0 Å². The maximum atomic E-state index is 14.2. The molecule has 1 aliphatic heterocycles. The Morgan fingerprint density at radius 2 is 1.91 bits per heavy atom. The lowest BCUT2D eigenvalue weighted by Crippen LogP contribution is -2.41. The number of nitrogens with zero attached hydrogens (tertiary/aromatic N) is 4. The Labute approximate surface area is 205 Å². The number of hydrogen-bond acceptors (Lipinski definition) is 10. The quantitative estimate of drug-likeness (QED) is 0.368. The Bertz CT molecular complexity index is 1160. The monoisotopic (exact) mass is 504 g/mol. The van der Waals surface area contributed by atoms with Gasteiger partial charge in [-0.2, -0.15) is 5.11 Å². The molecule has 12 heteroatoms. The molecule has 0 unspecified atom stereocenters. The minimum Gasteiger partial charge on any atom is -0.428 e. The molecule has 1 heterocycles. The van der Waals surface area contributed by atoms with Crippen LogP contribution in [0.5, 0.6) is 0 Å². The summed E-state index contributed by atoms with van der Waals surface area (Å²) in [7, 11) is 0. The van der Waals surface area contributed by atoms with Crippen molar-refractivity contribution in [2.24, 2.45) is 15.4 Å². The van der Waals surface area contributed by atoms with Gasteiger partial charge in [0.1, 0.15) is 18.1 Å². The van der Waals surface area contributed by atoms with Crippen LogP contribution in [0.1, 0.15) is 12.5 Å². The van der Waals surface area contributed by atoms with Crippen molar-refractivity contribution in [1.82, 2.24) is 4.90 Å². The highest BCUT2D eigenvalue weighted by Gasteiger charge is 2.25. The normalized spacial score (nSPS) is 13.5. The van der Waals surface area contributed by atoms with Crippen LogP contribution in [0.4, 0.5) is 4.39 Å². The second kappa shape index (κ2) is 12.2. The van der Waals surface area contributed by atoms with Crippen molar-refractivity contribution in [3.8, 4) is 11.1 Å². The number of ether oxygens (including phenoxy) is 2. The Hall–Kier alpha value is -3.54. The number of carbonyl (C=O) groups excluding carboxylic acids is 3. The molecule has 10 nitrogen and oxygen atoms in total. The van der Waals surface area contributed by atoms with Crippen molar-refractivity contribution in [3.63, 3.8) is 0 Å². The van der Waals surface area contributed by atoms with Gasteiger partial charge in [0.15, 0.2) is 11.9 Å². The van der Waals surface area contributed by atoms with Crippen LogP contribution < -0.4 is 0 Å². The summed E-state index contributed by atoms with van der Waals surface area (Å²) in [4.78, 5) is 36.9. The number of esters is 2. The van der Waals surface area contributed by atoms with Crippen molar-refractivity contribution < 1.29 is 33.4 Å². The van der Waals surface area contributed by atoms with Crippen LogP contribution in [0, 0.1) is 5.82 Å². The minimum atomic E-state index is -1.61. The van der Waals surface area contributed by atoms with Gasteiger partial charge in [0.05, 0.1) is 6.54 Å². The third-order valence-corrected chi connectivity index (χ3v) is 5.14. The fourth-order valence-corrected chi connectivity index (χ4v) is 3.36. The van der Waals surface area contributed by atoms with E-state index < -0.39 is 30.7 Å². The molecule has 184 valence electrons. The highest BCUT2D eigenvalue weighted by Crippen LogP contribution is 2.26. The van der Waals surface area contributed by atoms with E-state index in [-0.39, 0.29) is 37.7 Å².